The number of aromatic amines is 1. The topological polar surface area (TPSA) is 83.8 Å². The van der Waals surface area contributed by atoms with E-state index in [1.807, 2.05) is 24.3 Å². The van der Waals surface area contributed by atoms with E-state index in [1.54, 1.807) is 12.3 Å². The second kappa shape index (κ2) is 4.15. The highest BCUT2D eigenvalue weighted by Crippen LogP contribution is 2.27. The molecule has 2 heterocycles. The van der Waals surface area contributed by atoms with E-state index < -0.39 is 0 Å². The van der Waals surface area contributed by atoms with Crippen LogP contribution in [0.2, 0.25) is 0 Å². The number of thiophene rings is 1. The van der Waals surface area contributed by atoms with Gasteiger partial charge in [0.1, 0.15) is 5.82 Å². The summed E-state index contributed by atoms with van der Waals surface area (Å²) < 4.78 is 1.04. The number of anilines is 2. The lowest BCUT2D eigenvalue weighted by Gasteiger charge is -1.97. The molecule has 18 heavy (non-hydrogen) atoms. The fraction of sp³-hybridized carbons (Fsp3) is 0. The number of nitrogens with zero attached hydrogens (tertiary/aromatic N) is 1. The van der Waals surface area contributed by atoms with Gasteiger partial charge in [-0.15, -0.1) is 11.3 Å². The van der Waals surface area contributed by atoms with Crippen LogP contribution in [0.25, 0.3) is 10.1 Å². The Morgan fingerprint density at radius 1 is 1.33 bits per heavy atom. The van der Waals surface area contributed by atoms with Crippen molar-refractivity contribution in [2.75, 3.05) is 11.1 Å². The lowest BCUT2D eigenvalue weighted by molar-refractivity contribution is 0.103. The van der Waals surface area contributed by atoms with Crippen molar-refractivity contribution < 1.29 is 4.79 Å². The van der Waals surface area contributed by atoms with E-state index >= 15 is 0 Å². The molecule has 0 aliphatic rings. The number of nitrogens with two attached hydrogens (primary N) is 1. The molecule has 3 rings (SSSR count). The van der Waals surface area contributed by atoms with Crippen molar-refractivity contribution in [1.29, 1.82) is 0 Å². The summed E-state index contributed by atoms with van der Waals surface area (Å²) in [6.45, 7) is 0. The number of benzene rings is 1. The molecule has 90 valence electrons. The lowest BCUT2D eigenvalue weighted by Crippen LogP contribution is -2.10. The number of hydrogen-bond donors (Lipinski definition) is 3. The van der Waals surface area contributed by atoms with Gasteiger partial charge in [-0.1, -0.05) is 0 Å². The maximum absolute atomic E-state index is 12.0. The minimum absolute atomic E-state index is 0.154. The van der Waals surface area contributed by atoms with Gasteiger partial charge in [0.2, 0.25) is 0 Å². The van der Waals surface area contributed by atoms with Crippen LogP contribution in [0.1, 0.15) is 9.67 Å². The van der Waals surface area contributed by atoms with E-state index in [0.717, 1.165) is 10.1 Å². The number of aromatic nitrogens is 2. The minimum atomic E-state index is -0.154. The summed E-state index contributed by atoms with van der Waals surface area (Å²) in [6.07, 6.45) is 1.58. The fourth-order valence-corrected chi connectivity index (χ4v) is 2.62. The molecule has 2 aromatic heterocycles. The van der Waals surface area contributed by atoms with Gasteiger partial charge in [0.25, 0.3) is 5.91 Å². The predicted octanol–water partition coefficient (Wildman–Crippen LogP) is 2.46. The van der Waals surface area contributed by atoms with Gasteiger partial charge in [-0.3, -0.25) is 9.89 Å². The number of nitrogen functional groups attached to an aromatic ring is 1. The summed E-state index contributed by atoms with van der Waals surface area (Å²) in [7, 11) is 0. The van der Waals surface area contributed by atoms with Crippen LogP contribution < -0.4 is 11.1 Å². The number of amides is 1. The SMILES string of the molecule is Nc1ccc2sc(C(=O)Nc3ccn[nH]3)cc2c1. The van der Waals surface area contributed by atoms with Gasteiger partial charge in [0.15, 0.2) is 0 Å². The molecule has 0 aliphatic heterocycles. The highest BCUT2D eigenvalue weighted by Gasteiger charge is 2.11. The Hall–Kier alpha value is -2.34. The van der Waals surface area contributed by atoms with Crippen LogP contribution in [-0.4, -0.2) is 16.1 Å². The zero-order chi connectivity index (χ0) is 12.5. The van der Waals surface area contributed by atoms with Crippen molar-refractivity contribution >= 4 is 38.8 Å². The van der Waals surface area contributed by atoms with Gasteiger partial charge < -0.3 is 11.1 Å². The van der Waals surface area contributed by atoms with E-state index in [1.165, 1.54) is 11.3 Å². The van der Waals surface area contributed by atoms with Gasteiger partial charge in [-0.05, 0) is 29.7 Å². The number of rotatable bonds is 2. The van der Waals surface area contributed by atoms with E-state index in [-0.39, 0.29) is 5.91 Å². The summed E-state index contributed by atoms with van der Waals surface area (Å²) in [6, 6.07) is 9.14. The first kappa shape index (κ1) is 10.8. The molecule has 6 heteroatoms. The van der Waals surface area contributed by atoms with Crippen LogP contribution in [0.15, 0.2) is 36.5 Å². The third kappa shape index (κ3) is 1.93. The average molecular weight is 258 g/mol. The fourth-order valence-electron chi connectivity index (χ4n) is 1.68. The molecule has 0 radical (unpaired) electrons. The maximum Gasteiger partial charge on any atom is 0.266 e. The average Bonchev–Trinajstić information content (AvgIpc) is 2.96. The zero-order valence-corrected chi connectivity index (χ0v) is 10.1. The summed E-state index contributed by atoms with van der Waals surface area (Å²) in [5.74, 6) is 0.427. The number of fused-ring (bicyclic) bond motifs is 1. The highest BCUT2D eigenvalue weighted by atomic mass is 32.1. The van der Waals surface area contributed by atoms with Gasteiger partial charge >= 0.3 is 0 Å². The second-order valence-electron chi connectivity index (χ2n) is 3.83. The molecular formula is C12H10N4OS. The smallest absolute Gasteiger partial charge is 0.266 e. The molecule has 1 amide bonds. The Morgan fingerprint density at radius 3 is 3.00 bits per heavy atom. The molecule has 4 N–H and O–H groups in total. The quantitative estimate of drug-likeness (QED) is 0.617. The zero-order valence-electron chi connectivity index (χ0n) is 9.31. The molecule has 3 aromatic rings. The largest absolute Gasteiger partial charge is 0.399 e. The van der Waals surface area contributed by atoms with Crippen molar-refractivity contribution in [2.45, 2.75) is 0 Å². The highest BCUT2D eigenvalue weighted by molar-refractivity contribution is 7.20. The third-order valence-electron chi connectivity index (χ3n) is 2.51. The summed E-state index contributed by atoms with van der Waals surface area (Å²) in [5.41, 5.74) is 6.40. The van der Waals surface area contributed by atoms with Crippen molar-refractivity contribution in [3.8, 4) is 0 Å². The first-order valence-corrected chi connectivity index (χ1v) is 6.14. The summed E-state index contributed by atoms with van der Waals surface area (Å²) >= 11 is 1.43. The standard InChI is InChI=1S/C12H10N4OS/c13-8-1-2-9-7(5-8)6-10(18-9)12(17)15-11-3-4-14-16-11/h1-6H,13H2,(H2,14,15,16,17). The second-order valence-corrected chi connectivity index (χ2v) is 4.92. The Morgan fingerprint density at radius 2 is 2.22 bits per heavy atom. The molecule has 0 bridgehead atoms. The number of H-pyrrole nitrogens is 1. The Kier molecular flexibility index (Phi) is 2.49. The van der Waals surface area contributed by atoms with E-state index in [0.29, 0.717) is 16.4 Å². The molecule has 0 aliphatic carbocycles. The molecule has 0 spiro atoms. The monoisotopic (exact) mass is 258 g/mol. The van der Waals surface area contributed by atoms with Crippen molar-refractivity contribution in [2.24, 2.45) is 0 Å². The number of nitrogens with one attached hydrogen (secondary N) is 2. The molecule has 5 nitrogen and oxygen atoms in total. The molecule has 0 fully saturated rings. The van der Waals surface area contributed by atoms with Crippen molar-refractivity contribution in [3.63, 3.8) is 0 Å². The molecule has 0 saturated carbocycles. The van der Waals surface area contributed by atoms with Gasteiger partial charge in [-0.2, -0.15) is 5.10 Å². The van der Waals surface area contributed by atoms with Crippen LogP contribution in [0, 0.1) is 0 Å². The first-order chi connectivity index (χ1) is 8.72. The number of carbonyl (C=O) groups excluding carboxylic acids is 1. The van der Waals surface area contributed by atoms with E-state index in [4.69, 9.17) is 5.73 Å². The van der Waals surface area contributed by atoms with Gasteiger partial charge in [-0.25, -0.2) is 0 Å². The third-order valence-corrected chi connectivity index (χ3v) is 3.63. The lowest BCUT2D eigenvalue weighted by atomic mass is 10.2. The first-order valence-electron chi connectivity index (χ1n) is 5.32. The molecule has 1 aromatic carbocycles. The van der Waals surface area contributed by atoms with Crippen molar-refractivity contribution in [3.05, 3.63) is 41.4 Å². The molecular weight excluding hydrogens is 248 g/mol. The van der Waals surface area contributed by atoms with E-state index in [9.17, 15) is 4.79 Å². The van der Waals surface area contributed by atoms with Gasteiger partial charge in [0, 0.05) is 16.5 Å². The normalized spacial score (nSPS) is 10.7. The van der Waals surface area contributed by atoms with Gasteiger partial charge in [0.05, 0.1) is 11.1 Å². The number of carbonyl (C=O) groups is 1. The maximum atomic E-state index is 12.0. The summed E-state index contributed by atoms with van der Waals surface area (Å²) in [5, 5.41) is 10.2. The molecule has 0 unspecified atom stereocenters. The summed E-state index contributed by atoms with van der Waals surface area (Å²) in [4.78, 5) is 12.6. The molecule has 0 saturated heterocycles. The minimum Gasteiger partial charge on any atom is -0.399 e. The molecule has 0 atom stereocenters. The van der Waals surface area contributed by atoms with Crippen LogP contribution in [0.5, 0.6) is 0 Å². The van der Waals surface area contributed by atoms with Crippen LogP contribution in [0.3, 0.4) is 0 Å². The van der Waals surface area contributed by atoms with Crippen LogP contribution >= 0.6 is 11.3 Å². The Bertz CT molecular complexity index is 702. The van der Waals surface area contributed by atoms with Crippen molar-refractivity contribution in [1.82, 2.24) is 10.2 Å². The Balaban J connectivity index is 1.92. The van der Waals surface area contributed by atoms with Crippen LogP contribution in [0.4, 0.5) is 11.5 Å². The van der Waals surface area contributed by atoms with E-state index in [2.05, 4.69) is 15.5 Å². The Labute approximate surface area is 107 Å². The number of hydrogen-bond acceptors (Lipinski definition) is 4. The van der Waals surface area contributed by atoms with Crippen LogP contribution in [-0.2, 0) is 0 Å². The predicted molar refractivity (Wildman–Crippen MR) is 72.8 cm³/mol.